The third kappa shape index (κ3) is 1.84. The second-order valence-electron chi connectivity index (χ2n) is 4.37. The van der Waals surface area contributed by atoms with Crippen LogP contribution < -0.4 is 5.32 Å². The fourth-order valence-electron chi connectivity index (χ4n) is 2.54. The maximum absolute atomic E-state index is 4.75. The number of aromatic nitrogens is 1. The zero-order chi connectivity index (χ0) is 11.5. The number of fused-ring (bicyclic) bond motifs is 1. The first-order chi connectivity index (χ1) is 7.77. The highest BCUT2D eigenvalue weighted by atomic mass is 14.9. The first-order valence-electron chi connectivity index (χ1n) is 6.10. The molecule has 0 saturated heterocycles. The highest BCUT2D eigenvalue weighted by Gasteiger charge is 2.17. The van der Waals surface area contributed by atoms with E-state index in [2.05, 4.69) is 31.3 Å². The summed E-state index contributed by atoms with van der Waals surface area (Å²) >= 11 is 0. The molecule has 0 bridgehead atoms. The zero-order valence-corrected chi connectivity index (χ0v) is 10.4. The SMILES string of the molecule is C/C=C\c1c(C)nc2c(c1NC)CCCC2. The van der Waals surface area contributed by atoms with Gasteiger partial charge in [-0.3, -0.25) is 4.98 Å². The van der Waals surface area contributed by atoms with Crippen LogP contribution in [0.25, 0.3) is 6.08 Å². The van der Waals surface area contributed by atoms with E-state index in [1.165, 1.54) is 41.8 Å². The van der Waals surface area contributed by atoms with E-state index in [0.717, 1.165) is 12.1 Å². The molecule has 0 aromatic carbocycles. The largest absolute Gasteiger partial charge is 0.387 e. The van der Waals surface area contributed by atoms with Gasteiger partial charge in [-0.2, -0.15) is 0 Å². The van der Waals surface area contributed by atoms with Crippen LogP contribution in [0.1, 0.15) is 42.3 Å². The highest BCUT2D eigenvalue weighted by Crippen LogP contribution is 2.31. The molecular formula is C14H20N2. The van der Waals surface area contributed by atoms with Crippen molar-refractivity contribution in [3.8, 4) is 0 Å². The fourth-order valence-corrected chi connectivity index (χ4v) is 2.54. The lowest BCUT2D eigenvalue weighted by atomic mass is 9.92. The summed E-state index contributed by atoms with van der Waals surface area (Å²) in [5, 5.41) is 3.36. The Morgan fingerprint density at radius 2 is 2.00 bits per heavy atom. The van der Waals surface area contributed by atoms with Crippen molar-refractivity contribution < 1.29 is 0 Å². The molecule has 0 radical (unpaired) electrons. The molecule has 1 aliphatic rings. The molecule has 0 amide bonds. The van der Waals surface area contributed by atoms with Crippen LogP contribution in [0.4, 0.5) is 5.69 Å². The minimum absolute atomic E-state index is 1.14. The smallest absolute Gasteiger partial charge is 0.0480 e. The minimum Gasteiger partial charge on any atom is -0.387 e. The van der Waals surface area contributed by atoms with E-state index in [1.807, 2.05) is 7.05 Å². The number of nitrogens with one attached hydrogen (secondary N) is 1. The zero-order valence-electron chi connectivity index (χ0n) is 10.4. The van der Waals surface area contributed by atoms with Gasteiger partial charge in [-0.1, -0.05) is 12.2 Å². The Labute approximate surface area is 97.8 Å². The summed E-state index contributed by atoms with van der Waals surface area (Å²) < 4.78 is 0. The summed E-state index contributed by atoms with van der Waals surface area (Å²) in [5.41, 5.74) is 6.43. The Bertz CT molecular complexity index is 419. The molecule has 2 rings (SSSR count). The van der Waals surface area contributed by atoms with Gasteiger partial charge in [0.1, 0.15) is 0 Å². The van der Waals surface area contributed by atoms with Gasteiger partial charge in [-0.15, -0.1) is 0 Å². The van der Waals surface area contributed by atoms with Crippen molar-refractivity contribution in [2.75, 3.05) is 12.4 Å². The third-order valence-corrected chi connectivity index (χ3v) is 3.29. The quantitative estimate of drug-likeness (QED) is 0.820. The van der Waals surface area contributed by atoms with Crippen molar-refractivity contribution in [1.82, 2.24) is 4.98 Å². The van der Waals surface area contributed by atoms with Crippen molar-refractivity contribution >= 4 is 11.8 Å². The van der Waals surface area contributed by atoms with Crippen LogP contribution in [0.15, 0.2) is 6.08 Å². The predicted molar refractivity (Wildman–Crippen MR) is 69.9 cm³/mol. The first-order valence-corrected chi connectivity index (χ1v) is 6.10. The molecule has 0 saturated carbocycles. The van der Waals surface area contributed by atoms with Crippen molar-refractivity contribution in [3.63, 3.8) is 0 Å². The lowest BCUT2D eigenvalue weighted by Gasteiger charge is -2.21. The van der Waals surface area contributed by atoms with Crippen LogP contribution in [0.5, 0.6) is 0 Å². The topological polar surface area (TPSA) is 24.9 Å². The van der Waals surface area contributed by atoms with Crippen LogP contribution in [0.3, 0.4) is 0 Å². The Morgan fingerprint density at radius 3 is 2.69 bits per heavy atom. The van der Waals surface area contributed by atoms with Crippen molar-refractivity contribution in [2.45, 2.75) is 39.5 Å². The normalized spacial score (nSPS) is 15.2. The molecule has 0 unspecified atom stereocenters. The van der Waals surface area contributed by atoms with Gasteiger partial charge in [0.2, 0.25) is 0 Å². The monoisotopic (exact) mass is 216 g/mol. The van der Waals surface area contributed by atoms with E-state index in [9.17, 15) is 0 Å². The molecule has 0 spiro atoms. The molecule has 0 aliphatic heterocycles. The van der Waals surface area contributed by atoms with E-state index >= 15 is 0 Å². The number of aryl methyl sites for hydroxylation is 2. The van der Waals surface area contributed by atoms with Gasteiger partial charge in [0.15, 0.2) is 0 Å². The number of hydrogen-bond acceptors (Lipinski definition) is 2. The average Bonchev–Trinajstić information content (AvgIpc) is 2.30. The van der Waals surface area contributed by atoms with Crippen molar-refractivity contribution in [3.05, 3.63) is 28.6 Å². The van der Waals surface area contributed by atoms with E-state index in [-0.39, 0.29) is 0 Å². The summed E-state index contributed by atoms with van der Waals surface area (Å²) in [6.07, 6.45) is 9.13. The molecule has 16 heavy (non-hydrogen) atoms. The number of allylic oxidation sites excluding steroid dienone is 1. The van der Waals surface area contributed by atoms with E-state index in [4.69, 9.17) is 4.98 Å². The van der Waals surface area contributed by atoms with Crippen molar-refractivity contribution in [1.29, 1.82) is 0 Å². The van der Waals surface area contributed by atoms with Crippen LogP contribution >= 0.6 is 0 Å². The summed E-state index contributed by atoms with van der Waals surface area (Å²) in [5.74, 6) is 0. The molecule has 2 nitrogen and oxygen atoms in total. The molecular weight excluding hydrogens is 196 g/mol. The van der Waals surface area contributed by atoms with Gasteiger partial charge >= 0.3 is 0 Å². The first kappa shape index (κ1) is 11.2. The molecule has 1 heterocycles. The van der Waals surface area contributed by atoms with Crippen molar-refractivity contribution in [2.24, 2.45) is 0 Å². The number of nitrogens with zero attached hydrogens (tertiary/aromatic N) is 1. The molecule has 1 aromatic rings. The second kappa shape index (κ2) is 4.69. The maximum atomic E-state index is 4.75. The molecule has 0 fully saturated rings. The molecule has 0 atom stereocenters. The van der Waals surface area contributed by atoms with Crippen LogP contribution in [0.2, 0.25) is 0 Å². The predicted octanol–water partition coefficient (Wildman–Crippen LogP) is 3.34. The number of hydrogen-bond donors (Lipinski definition) is 1. The Morgan fingerprint density at radius 1 is 1.25 bits per heavy atom. The molecule has 1 N–H and O–H groups in total. The lowest BCUT2D eigenvalue weighted by molar-refractivity contribution is 0.666. The number of pyridine rings is 1. The van der Waals surface area contributed by atoms with Crippen LogP contribution in [-0.2, 0) is 12.8 Å². The van der Waals surface area contributed by atoms with Crippen LogP contribution in [-0.4, -0.2) is 12.0 Å². The fraction of sp³-hybridized carbons (Fsp3) is 0.500. The molecule has 1 aliphatic carbocycles. The molecule has 2 heteroatoms. The molecule has 1 aromatic heterocycles. The maximum Gasteiger partial charge on any atom is 0.0480 e. The Kier molecular flexibility index (Phi) is 3.28. The standard InChI is InChI=1S/C14H20N2/c1-4-7-11-10(2)16-13-9-6-5-8-12(13)14(11)15-3/h4,7H,5-6,8-9H2,1-3H3,(H,15,16)/b7-4-. The molecule has 86 valence electrons. The third-order valence-electron chi connectivity index (χ3n) is 3.29. The second-order valence-corrected chi connectivity index (χ2v) is 4.37. The summed E-state index contributed by atoms with van der Waals surface area (Å²) in [4.78, 5) is 4.75. The van der Waals surface area contributed by atoms with E-state index in [1.54, 1.807) is 0 Å². The van der Waals surface area contributed by atoms with Gasteiger partial charge in [0.05, 0.1) is 0 Å². The van der Waals surface area contributed by atoms with Gasteiger partial charge in [-0.05, 0) is 45.1 Å². The Hall–Kier alpha value is -1.31. The summed E-state index contributed by atoms with van der Waals surface area (Å²) in [7, 11) is 2.01. The van der Waals surface area contributed by atoms with Gasteiger partial charge in [-0.25, -0.2) is 0 Å². The summed E-state index contributed by atoms with van der Waals surface area (Å²) in [6, 6.07) is 0. The Balaban J connectivity index is 2.61. The van der Waals surface area contributed by atoms with Crippen LogP contribution in [0, 0.1) is 6.92 Å². The number of rotatable bonds is 2. The highest BCUT2D eigenvalue weighted by molar-refractivity contribution is 5.72. The lowest BCUT2D eigenvalue weighted by Crippen LogP contribution is -2.11. The van der Waals surface area contributed by atoms with Gasteiger partial charge < -0.3 is 5.32 Å². The van der Waals surface area contributed by atoms with Gasteiger partial charge in [0, 0.05) is 29.7 Å². The summed E-state index contributed by atoms with van der Waals surface area (Å²) in [6.45, 7) is 4.16. The number of anilines is 1. The van der Waals surface area contributed by atoms with E-state index in [0.29, 0.717) is 0 Å². The van der Waals surface area contributed by atoms with Gasteiger partial charge in [0.25, 0.3) is 0 Å². The minimum atomic E-state index is 1.14. The average molecular weight is 216 g/mol. The van der Waals surface area contributed by atoms with E-state index < -0.39 is 0 Å².